The Labute approximate surface area is 181 Å². The van der Waals surface area contributed by atoms with Crippen molar-refractivity contribution in [3.63, 3.8) is 0 Å². The largest absolute Gasteiger partial charge is 0.345 e. The van der Waals surface area contributed by atoms with Gasteiger partial charge in [-0.2, -0.15) is 0 Å². The molecule has 0 aromatic heterocycles. The molecule has 2 fully saturated rings. The second-order valence-electron chi connectivity index (χ2n) is 8.93. The van der Waals surface area contributed by atoms with Crippen molar-refractivity contribution in [2.24, 2.45) is 5.92 Å². The van der Waals surface area contributed by atoms with E-state index in [9.17, 15) is 4.79 Å². The van der Waals surface area contributed by atoms with E-state index in [4.69, 9.17) is 0 Å². The zero-order valence-corrected chi connectivity index (χ0v) is 18.3. The van der Waals surface area contributed by atoms with Crippen LogP contribution in [0, 0.1) is 5.92 Å². The minimum atomic E-state index is 0.378. The molecule has 0 spiro atoms. The molecule has 0 saturated carbocycles. The van der Waals surface area contributed by atoms with Crippen LogP contribution in [0.5, 0.6) is 0 Å². The van der Waals surface area contributed by atoms with Crippen LogP contribution in [0.1, 0.15) is 44.1 Å². The first kappa shape index (κ1) is 20.9. The van der Waals surface area contributed by atoms with E-state index in [1.165, 1.54) is 49.2 Å². The van der Waals surface area contributed by atoms with Gasteiger partial charge in [0.25, 0.3) is 0 Å². The number of nitrogens with zero attached hydrogens (tertiary/aromatic N) is 3. The monoisotopic (exact) mass is 405 g/mol. The molecule has 2 heterocycles. The molecule has 0 radical (unpaired) electrons. The third-order valence-corrected chi connectivity index (χ3v) is 6.70. The second-order valence-corrected chi connectivity index (χ2v) is 8.93. The van der Waals surface area contributed by atoms with Gasteiger partial charge in [0.15, 0.2) is 0 Å². The van der Waals surface area contributed by atoms with Gasteiger partial charge in [-0.1, -0.05) is 30.3 Å². The maximum absolute atomic E-state index is 12.4. The van der Waals surface area contributed by atoms with Crippen LogP contribution < -0.4 is 4.90 Å². The van der Waals surface area contributed by atoms with E-state index >= 15 is 0 Å². The van der Waals surface area contributed by atoms with Crippen molar-refractivity contribution in [3.05, 3.63) is 60.2 Å². The van der Waals surface area contributed by atoms with E-state index in [1.54, 1.807) is 0 Å². The van der Waals surface area contributed by atoms with Gasteiger partial charge in [0.2, 0.25) is 5.91 Å². The first-order valence-corrected chi connectivity index (χ1v) is 11.6. The van der Waals surface area contributed by atoms with Crippen LogP contribution in [0.2, 0.25) is 0 Å². The lowest BCUT2D eigenvalue weighted by atomic mass is 9.93. The summed E-state index contributed by atoms with van der Waals surface area (Å²) in [6.45, 7) is 5.25. The van der Waals surface area contributed by atoms with Crippen LogP contribution in [0.15, 0.2) is 54.6 Å². The molecule has 4 heteroatoms. The second kappa shape index (κ2) is 10.1. The molecule has 4 rings (SSSR count). The zero-order valence-electron chi connectivity index (χ0n) is 18.3. The Morgan fingerprint density at radius 1 is 0.933 bits per heavy atom. The molecule has 2 aromatic carbocycles. The number of anilines is 2. The van der Waals surface area contributed by atoms with E-state index in [2.05, 4.69) is 76.3 Å². The van der Waals surface area contributed by atoms with E-state index in [1.807, 2.05) is 0 Å². The molecule has 1 amide bonds. The number of hydrogen-bond donors (Lipinski definition) is 0. The summed E-state index contributed by atoms with van der Waals surface area (Å²) in [6.07, 6.45) is 6.67. The molecule has 2 saturated heterocycles. The maximum Gasteiger partial charge on any atom is 0.222 e. The standard InChI is InChI=1S/C26H35N3O/c1-27(24-9-3-2-4-10-24)25-14-11-23(12-15-25)21-28-17-7-8-22(20-28)13-16-26(30)29-18-5-6-19-29/h2-4,9-12,14-15,22H,5-8,13,16-21H2,1H3. The average Bonchev–Trinajstić information content (AvgIpc) is 3.34. The molecule has 0 N–H and O–H groups in total. The maximum atomic E-state index is 12.4. The molecule has 30 heavy (non-hydrogen) atoms. The van der Waals surface area contributed by atoms with Gasteiger partial charge in [0, 0.05) is 51.0 Å². The van der Waals surface area contributed by atoms with Gasteiger partial charge < -0.3 is 9.80 Å². The number of likely N-dealkylation sites (tertiary alicyclic amines) is 2. The van der Waals surface area contributed by atoms with Crippen molar-refractivity contribution in [2.75, 3.05) is 38.1 Å². The van der Waals surface area contributed by atoms with Gasteiger partial charge >= 0.3 is 0 Å². The third-order valence-electron chi connectivity index (χ3n) is 6.70. The van der Waals surface area contributed by atoms with Gasteiger partial charge in [-0.15, -0.1) is 0 Å². The van der Waals surface area contributed by atoms with Crippen LogP contribution in [-0.4, -0.2) is 48.9 Å². The van der Waals surface area contributed by atoms with Crippen molar-refractivity contribution in [2.45, 2.75) is 45.1 Å². The lowest BCUT2D eigenvalue weighted by Crippen LogP contribution is -2.36. The number of rotatable bonds is 7. The smallest absolute Gasteiger partial charge is 0.222 e. The van der Waals surface area contributed by atoms with Crippen molar-refractivity contribution in [3.8, 4) is 0 Å². The zero-order chi connectivity index (χ0) is 20.8. The quantitative estimate of drug-likeness (QED) is 0.643. The normalized spacial score (nSPS) is 19.8. The fraction of sp³-hybridized carbons (Fsp3) is 0.500. The first-order chi connectivity index (χ1) is 14.7. The summed E-state index contributed by atoms with van der Waals surface area (Å²) in [7, 11) is 2.11. The molecule has 160 valence electrons. The molecule has 2 aromatic rings. The van der Waals surface area contributed by atoms with E-state index in [-0.39, 0.29) is 0 Å². The van der Waals surface area contributed by atoms with Gasteiger partial charge in [0.05, 0.1) is 0 Å². The van der Waals surface area contributed by atoms with Gasteiger partial charge in [-0.3, -0.25) is 9.69 Å². The number of hydrogen-bond acceptors (Lipinski definition) is 3. The minimum absolute atomic E-state index is 0.378. The number of benzene rings is 2. The van der Waals surface area contributed by atoms with Crippen LogP contribution in [-0.2, 0) is 11.3 Å². The number of piperidine rings is 1. The fourth-order valence-electron chi connectivity index (χ4n) is 4.87. The average molecular weight is 406 g/mol. The summed E-state index contributed by atoms with van der Waals surface area (Å²) in [4.78, 5) is 19.2. The molecule has 0 bridgehead atoms. The Balaban J connectivity index is 1.27. The summed E-state index contributed by atoms with van der Waals surface area (Å²) in [5.74, 6) is 1.04. The molecule has 1 atom stereocenters. The van der Waals surface area contributed by atoms with E-state index < -0.39 is 0 Å². The van der Waals surface area contributed by atoms with Crippen molar-refractivity contribution in [1.82, 2.24) is 9.80 Å². The number of amides is 1. The lowest BCUT2D eigenvalue weighted by Gasteiger charge is -2.33. The molecule has 2 aliphatic heterocycles. The summed E-state index contributed by atoms with van der Waals surface area (Å²) < 4.78 is 0. The fourth-order valence-corrected chi connectivity index (χ4v) is 4.87. The molecule has 1 unspecified atom stereocenters. The highest BCUT2D eigenvalue weighted by molar-refractivity contribution is 5.76. The van der Waals surface area contributed by atoms with Crippen LogP contribution >= 0.6 is 0 Å². The third kappa shape index (κ3) is 5.42. The summed E-state index contributed by atoms with van der Waals surface area (Å²) >= 11 is 0. The van der Waals surface area contributed by atoms with E-state index in [0.717, 1.165) is 39.0 Å². The van der Waals surface area contributed by atoms with Crippen LogP contribution in [0.25, 0.3) is 0 Å². The summed E-state index contributed by atoms with van der Waals surface area (Å²) in [6, 6.07) is 19.4. The van der Waals surface area contributed by atoms with Gasteiger partial charge in [0.1, 0.15) is 0 Å². The summed E-state index contributed by atoms with van der Waals surface area (Å²) in [5.41, 5.74) is 3.78. The SMILES string of the molecule is CN(c1ccccc1)c1ccc(CN2CCCC(CCC(=O)N3CCCC3)C2)cc1. The molecule has 2 aliphatic rings. The van der Waals surface area contributed by atoms with Crippen LogP contribution in [0.4, 0.5) is 11.4 Å². The highest BCUT2D eigenvalue weighted by Gasteiger charge is 2.23. The topological polar surface area (TPSA) is 26.8 Å². The minimum Gasteiger partial charge on any atom is -0.345 e. The van der Waals surface area contributed by atoms with Crippen molar-refractivity contribution < 1.29 is 4.79 Å². The number of carbonyl (C=O) groups excluding carboxylic acids is 1. The van der Waals surface area contributed by atoms with Gasteiger partial charge in [-0.05, 0) is 74.4 Å². The molecule has 0 aliphatic carbocycles. The van der Waals surface area contributed by atoms with Crippen molar-refractivity contribution >= 4 is 17.3 Å². The molecular formula is C26H35N3O. The predicted octanol–water partition coefficient (Wildman–Crippen LogP) is 5.07. The summed E-state index contributed by atoms with van der Waals surface area (Å²) in [5, 5.41) is 0. The Morgan fingerprint density at radius 3 is 2.37 bits per heavy atom. The van der Waals surface area contributed by atoms with Crippen LogP contribution in [0.3, 0.4) is 0 Å². The number of para-hydroxylation sites is 1. The first-order valence-electron chi connectivity index (χ1n) is 11.6. The highest BCUT2D eigenvalue weighted by Crippen LogP contribution is 2.26. The Morgan fingerprint density at radius 2 is 1.63 bits per heavy atom. The van der Waals surface area contributed by atoms with Crippen molar-refractivity contribution in [1.29, 1.82) is 0 Å². The highest BCUT2D eigenvalue weighted by atomic mass is 16.2. The Hall–Kier alpha value is -2.33. The Bertz CT molecular complexity index is 799. The van der Waals surface area contributed by atoms with E-state index in [0.29, 0.717) is 11.8 Å². The van der Waals surface area contributed by atoms with Gasteiger partial charge in [-0.25, -0.2) is 0 Å². The molecule has 4 nitrogen and oxygen atoms in total. The number of carbonyl (C=O) groups is 1. The molecular weight excluding hydrogens is 370 g/mol. The lowest BCUT2D eigenvalue weighted by molar-refractivity contribution is -0.130. The predicted molar refractivity (Wildman–Crippen MR) is 124 cm³/mol. The Kier molecular flexibility index (Phi) is 7.06.